The lowest BCUT2D eigenvalue weighted by molar-refractivity contribution is 0.197. The molecule has 1 aliphatic rings. The highest BCUT2D eigenvalue weighted by Gasteiger charge is 2.27. The number of hydrogen-bond donors (Lipinski definition) is 0. The Labute approximate surface area is 87.2 Å². The quantitative estimate of drug-likeness (QED) is 0.694. The molecule has 0 aliphatic carbocycles. The average molecular weight is 208 g/mol. The molecule has 1 aromatic carbocycles. The van der Waals surface area contributed by atoms with Crippen LogP contribution in [-0.4, -0.2) is 25.5 Å². The SMILES string of the molecule is COC[C@H]1CCCP1c1ccccc1. The van der Waals surface area contributed by atoms with Crippen LogP contribution in [0.3, 0.4) is 0 Å². The molecule has 1 heterocycles. The van der Waals surface area contributed by atoms with E-state index in [9.17, 15) is 0 Å². The molecule has 0 radical (unpaired) electrons. The Morgan fingerprint density at radius 3 is 2.86 bits per heavy atom. The summed E-state index contributed by atoms with van der Waals surface area (Å²) in [5.41, 5.74) is 0.803. The molecule has 2 atom stereocenters. The standard InChI is InChI=1S/C12H17OP/c1-13-10-12-8-5-9-14(12)11-6-3-2-4-7-11/h2-4,6-7,12H,5,8-10H2,1H3/t12-,14?/m1/s1. The zero-order valence-corrected chi connectivity index (χ0v) is 9.54. The van der Waals surface area contributed by atoms with Crippen LogP contribution in [0.2, 0.25) is 0 Å². The van der Waals surface area contributed by atoms with Crippen LogP contribution in [0.25, 0.3) is 0 Å². The minimum atomic E-state index is 0.0655. The first-order valence-electron chi connectivity index (χ1n) is 5.22. The summed E-state index contributed by atoms with van der Waals surface area (Å²) in [6.45, 7) is 0.945. The second-order valence-corrected chi connectivity index (χ2v) is 6.41. The Kier molecular flexibility index (Phi) is 3.55. The van der Waals surface area contributed by atoms with Crippen LogP contribution in [0.15, 0.2) is 30.3 Å². The van der Waals surface area contributed by atoms with Gasteiger partial charge in [-0.3, -0.25) is 0 Å². The van der Waals surface area contributed by atoms with Crippen molar-refractivity contribution >= 4 is 13.2 Å². The lowest BCUT2D eigenvalue weighted by atomic mass is 10.3. The summed E-state index contributed by atoms with van der Waals surface area (Å²) in [4.78, 5) is 0. The average Bonchev–Trinajstić information content (AvgIpc) is 2.68. The van der Waals surface area contributed by atoms with Gasteiger partial charge in [-0.25, -0.2) is 0 Å². The molecule has 1 aliphatic heterocycles. The fourth-order valence-electron chi connectivity index (χ4n) is 2.16. The van der Waals surface area contributed by atoms with E-state index >= 15 is 0 Å². The molecule has 1 aromatic rings. The maximum absolute atomic E-state index is 5.29. The molecule has 1 fully saturated rings. The number of rotatable bonds is 3. The Bertz CT molecular complexity index is 273. The normalized spacial score (nSPS) is 26.6. The molecule has 0 spiro atoms. The maximum atomic E-state index is 5.29. The molecule has 2 rings (SSSR count). The molecule has 1 saturated heterocycles. The van der Waals surface area contributed by atoms with Crippen molar-refractivity contribution in [2.75, 3.05) is 19.9 Å². The number of benzene rings is 1. The van der Waals surface area contributed by atoms with Crippen molar-refractivity contribution in [3.05, 3.63) is 30.3 Å². The van der Waals surface area contributed by atoms with Crippen molar-refractivity contribution in [1.82, 2.24) is 0 Å². The van der Waals surface area contributed by atoms with Crippen molar-refractivity contribution in [2.45, 2.75) is 18.5 Å². The second kappa shape index (κ2) is 4.91. The van der Waals surface area contributed by atoms with Gasteiger partial charge in [-0.1, -0.05) is 38.3 Å². The lowest BCUT2D eigenvalue weighted by Gasteiger charge is -2.19. The summed E-state index contributed by atoms with van der Waals surface area (Å²) in [5, 5.41) is 1.56. The zero-order valence-electron chi connectivity index (χ0n) is 8.65. The summed E-state index contributed by atoms with van der Waals surface area (Å²) < 4.78 is 5.29. The first-order chi connectivity index (χ1) is 6.92. The predicted molar refractivity (Wildman–Crippen MR) is 62.8 cm³/mol. The molecular formula is C12H17OP. The van der Waals surface area contributed by atoms with Gasteiger partial charge in [0.15, 0.2) is 0 Å². The minimum absolute atomic E-state index is 0.0655. The van der Waals surface area contributed by atoms with Gasteiger partial charge in [0, 0.05) is 12.8 Å². The molecule has 1 nitrogen and oxygen atoms in total. The van der Waals surface area contributed by atoms with E-state index in [0.29, 0.717) is 0 Å². The van der Waals surface area contributed by atoms with Crippen molar-refractivity contribution in [3.63, 3.8) is 0 Å². The van der Waals surface area contributed by atoms with E-state index in [0.717, 1.165) is 12.3 Å². The molecule has 14 heavy (non-hydrogen) atoms. The molecule has 76 valence electrons. The first-order valence-corrected chi connectivity index (χ1v) is 6.82. The van der Waals surface area contributed by atoms with Gasteiger partial charge in [0.25, 0.3) is 0 Å². The van der Waals surface area contributed by atoms with Gasteiger partial charge in [0.2, 0.25) is 0 Å². The topological polar surface area (TPSA) is 9.23 Å². The van der Waals surface area contributed by atoms with Crippen LogP contribution in [-0.2, 0) is 4.74 Å². The molecule has 0 aromatic heterocycles. The van der Waals surface area contributed by atoms with Crippen molar-refractivity contribution < 1.29 is 4.74 Å². The third-order valence-corrected chi connectivity index (χ3v) is 5.87. The summed E-state index contributed by atoms with van der Waals surface area (Å²) in [6, 6.07) is 11.0. The van der Waals surface area contributed by atoms with E-state index in [-0.39, 0.29) is 7.92 Å². The molecule has 2 heteroatoms. The molecule has 0 N–H and O–H groups in total. The van der Waals surface area contributed by atoms with Crippen LogP contribution >= 0.6 is 7.92 Å². The Morgan fingerprint density at radius 2 is 2.14 bits per heavy atom. The second-order valence-electron chi connectivity index (χ2n) is 3.78. The predicted octanol–water partition coefficient (Wildman–Crippen LogP) is 2.60. The van der Waals surface area contributed by atoms with E-state index < -0.39 is 0 Å². The smallest absolute Gasteiger partial charge is 0.0532 e. The summed E-state index contributed by atoms with van der Waals surface area (Å²) in [7, 11) is 1.88. The molecule has 0 bridgehead atoms. The highest BCUT2D eigenvalue weighted by molar-refractivity contribution is 7.66. The van der Waals surface area contributed by atoms with Gasteiger partial charge in [0.1, 0.15) is 0 Å². The Morgan fingerprint density at radius 1 is 1.36 bits per heavy atom. The first kappa shape index (κ1) is 10.1. The highest BCUT2D eigenvalue weighted by Crippen LogP contribution is 2.48. The summed E-state index contributed by atoms with van der Waals surface area (Å²) in [6.07, 6.45) is 4.14. The van der Waals surface area contributed by atoms with Gasteiger partial charge in [-0.2, -0.15) is 0 Å². The fourth-order valence-corrected chi connectivity index (χ4v) is 5.11. The third kappa shape index (κ3) is 2.16. The van der Waals surface area contributed by atoms with Crippen LogP contribution in [0, 0.1) is 0 Å². The van der Waals surface area contributed by atoms with E-state index in [1.807, 2.05) is 7.11 Å². The molecular weight excluding hydrogens is 191 g/mol. The lowest BCUT2D eigenvalue weighted by Crippen LogP contribution is -2.14. The molecule has 0 amide bonds. The van der Waals surface area contributed by atoms with E-state index in [4.69, 9.17) is 4.74 Å². The van der Waals surface area contributed by atoms with Gasteiger partial charge < -0.3 is 4.74 Å². The van der Waals surface area contributed by atoms with Crippen LogP contribution < -0.4 is 5.30 Å². The maximum Gasteiger partial charge on any atom is 0.0532 e. The van der Waals surface area contributed by atoms with Gasteiger partial charge >= 0.3 is 0 Å². The molecule has 0 saturated carbocycles. The number of ether oxygens (including phenoxy) is 1. The van der Waals surface area contributed by atoms with E-state index in [1.165, 1.54) is 19.0 Å². The van der Waals surface area contributed by atoms with Crippen LogP contribution in [0.5, 0.6) is 0 Å². The summed E-state index contributed by atoms with van der Waals surface area (Å²) >= 11 is 0. The minimum Gasteiger partial charge on any atom is -0.384 e. The van der Waals surface area contributed by atoms with Gasteiger partial charge in [-0.05, 0) is 24.3 Å². The highest BCUT2D eigenvalue weighted by atomic mass is 31.1. The Hall–Kier alpha value is -0.390. The zero-order chi connectivity index (χ0) is 9.80. The van der Waals surface area contributed by atoms with Crippen molar-refractivity contribution in [1.29, 1.82) is 0 Å². The number of methoxy groups -OCH3 is 1. The fraction of sp³-hybridized carbons (Fsp3) is 0.500. The summed E-state index contributed by atoms with van der Waals surface area (Å²) in [5.74, 6) is 0. The van der Waals surface area contributed by atoms with Crippen molar-refractivity contribution in [3.8, 4) is 0 Å². The van der Waals surface area contributed by atoms with E-state index in [2.05, 4.69) is 30.3 Å². The van der Waals surface area contributed by atoms with Gasteiger partial charge in [-0.15, -0.1) is 0 Å². The van der Waals surface area contributed by atoms with Gasteiger partial charge in [0.05, 0.1) is 6.61 Å². The Balaban J connectivity index is 2.10. The molecule has 1 unspecified atom stereocenters. The number of hydrogen-bond acceptors (Lipinski definition) is 1. The largest absolute Gasteiger partial charge is 0.384 e. The monoisotopic (exact) mass is 208 g/mol. The van der Waals surface area contributed by atoms with E-state index in [1.54, 1.807) is 5.30 Å². The third-order valence-electron chi connectivity index (χ3n) is 2.82. The van der Waals surface area contributed by atoms with Crippen LogP contribution in [0.1, 0.15) is 12.8 Å². The van der Waals surface area contributed by atoms with Crippen LogP contribution in [0.4, 0.5) is 0 Å². The van der Waals surface area contributed by atoms with Crippen molar-refractivity contribution in [2.24, 2.45) is 0 Å².